The highest BCUT2D eigenvalue weighted by Gasteiger charge is 2.31. The quantitative estimate of drug-likeness (QED) is 0.329. The Bertz CT molecular complexity index is 542. The number of phenolic OH excluding ortho intramolecular Hbond substituents is 1. The summed E-state index contributed by atoms with van der Waals surface area (Å²) in [7, 11) is 0. The third-order valence-corrected chi connectivity index (χ3v) is 3.60. The number of phenols is 1. The number of hydrogen-bond donors (Lipinski definition) is 3. The summed E-state index contributed by atoms with van der Waals surface area (Å²) in [6.45, 7) is 2.38. The summed E-state index contributed by atoms with van der Waals surface area (Å²) in [6, 6.07) is 4.51. The Morgan fingerprint density at radius 3 is 2.85 bits per heavy atom. The van der Waals surface area contributed by atoms with Crippen LogP contribution in [-0.4, -0.2) is 39.5 Å². The van der Waals surface area contributed by atoms with Crippen LogP contribution in [0.1, 0.15) is 35.2 Å². The van der Waals surface area contributed by atoms with E-state index in [9.17, 15) is 9.90 Å². The number of amidine groups is 1. The van der Waals surface area contributed by atoms with Crippen molar-refractivity contribution in [2.45, 2.75) is 32.2 Å². The van der Waals surface area contributed by atoms with Crippen molar-refractivity contribution in [3.63, 3.8) is 0 Å². The molecule has 6 heteroatoms. The molecule has 0 aromatic heterocycles. The number of oxime groups is 1. The Kier molecular flexibility index (Phi) is 4.12. The molecule has 0 radical (unpaired) electrons. The predicted molar refractivity (Wildman–Crippen MR) is 74.9 cm³/mol. The smallest absolute Gasteiger partial charge is 0.258 e. The molecular weight excluding hydrogens is 258 g/mol. The molecule has 1 aromatic carbocycles. The minimum absolute atomic E-state index is 0.0321. The van der Waals surface area contributed by atoms with Gasteiger partial charge in [-0.1, -0.05) is 11.2 Å². The highest BCUT2D eigenvalue weighted by atomic mass is 16.4. The number of aromatic hydroxyl groups is 1. The van der Waals surface area contributed by atoms with Gasteiger partial charge < -0.3 is 20.9 Å². The van der Waals surface area contributed by atoms with Crippen molar-refractivity contribution in [3.05, 3.63) is 29.3 Å². The molecule has 1 atom stereocenters. The number of carbonyl (C=O) groups excluding carboxylic acids is 1. The Balaban J connectivity index is 2.30. The van der Waals surface area contributed by atoms with Crippen LogP contribution in [0.3, 0.4) is 0 Å². The van der Waals surface area contributed by atoms with Gasteiger partial charge in [-0.05, 0) is 43.9 Å². The molecule has 1 saturated heterocycles. The molecule has 1 aliphatic rings. The SMILES string of the molecule is Cc1ccc(C(=O)N2CCCCC2C(N)=NO)c(O)c1. The van der Waals surface area contributed by atoms with Gasteiger partial charge in [0.05, 0.1) is 11.6 Å². The summed E-state index contributed by atoms with van der Waals surface area (Å²) in [5.74, 6) is -0.303. The fraction of sp³-hybridized carbons (Fsp3) is 0.429. The van der Waals surface area contributed by atoms with E-state index < -0.39 is 6.04 Å². The van der Waals surface area contributed by atoms with Crippen LogP contribution in [0.4, 0.5) is 0 Å². The lowest BCUT2D eigenvalue weighted by Gasteiger charge is -2.35. The fourth-order valence-corrected chi connectivity index (χ4v) is 2.53. The monoisotopic (exact) mass is 277 g/mol. The third kappa shape index (κ3) is 2.68. The first-order valence-corrected chi connectivity index (χ1v) is 6.62. The van der Waals surface area contributed by atoms with Crippen molar-refractivity contribution >= 4 is 11.7 Å². The van der Waals surface area contributed by atoms with Crippen molar-refractivity contribution in [2.75, 3.05) is 6.54 Å². The topological polar surface area (TPSA) is 99.2 Å². The van der Waals surface area contributed by atoms with Gasteiger partial charge in [-0.3, -0.25) is 4.79 Å². The minimum Gasteiger partial charge on any atom is -0.507 e. The average molecular weight is 277 g/mol. The summed E-state index contributed by atoms with van der Waals surface area (Å²) in [4.78, 5) is 14.1. The number of rotatable bonds is 2. The molecule has 6 nitrogen and oxygen atoms in total. The highest BCUT2D eigenvalue weighted by Crippen LogP contribution is 2.25. The maximum Gasteiger partial charge on any atom is 0.258 e. The van der Waals surface area contributed by atoms with Crippen LogP contribution in [-0.2, 0) is 0 Å². The summed E-state index contributed by atoms with van der Waals surface area (Å²) in [5.41, 5.74) is 6.78. The predicted octanol–water partition coefficient (Wildman–Crippen LogP) is 1.44. The van der Waals surface area contributed by atoms with E-state index >= 15 is 0 Å². The van der Waals surface area contributed by atoms with E-state index in [2.05, 4.69) is 5.16 Å². The van der Waals surface area contributed by atoms with Gasteiger partial charge in [-0.15, -0.1) is 0 Å². The largest absolute Gasteiger partial charge is 0.507 e. The highest BCUT2D eigenvalue weighted by molar-refractivity contribution is 6.00. The number of likely N-dealkylation sites (tertiary alicyclic amines) is 1. The second-order valence-electron chi connectivity index (χ2n) is 5.06. The number of benzene rings is 1. The average Bonchev–Trinajstić information content (AvgIpc) is 2.46. The van der Waals surface area contributed by atoms with Crippen molar-refractivity contribution < 1.29 is 15.1 Å². The standard InChI is InChI=1S/C14H19N3O3/c1-9-5-6-10(12(18)8-9)14(19)17-7-3-2-4-11(17)13(15)16-20/h5-6,8,11,18,20H,2-4,7H2,1H3,(H2,15,16). The lowest BCUT2D eigenvalue weighted by atomic mass is 9.99. The molecule has 4 N–H and O–H groups in total. The molecule has 0 spiro atoms. The van der Waals surface area contributed by atoms with Gasteiger partial charge in [0.2, 0.25) is 0 Å². The zero-order valence-electron chi connectivity index (χ0n) is 11.4. The lowest BCUT2D eigenvalue weighted by Crippen LogP contribution is -2.50. The first-order chi connectivity index (χ1) is 9.54. The summed E-state index contributed by atoms with van der Waals surface area (Å²) in [5, 5.41) is 21.8. The molecule has 1 aromatic rings. The normalized spacial score (nSPS) is 19.9. The van der Waals surface area contributed by atoms with Gasteiger partial charge in [0, 0.05) is 6.54 Å². The Labute approximate surface area is 117 Å². The molecule has 0 aliphatic carbocycles. The first kappa shape index (κ1) is 14.2. The number of amides is 1. The van der Waals surface area contributed by atoms with Crippen molar-refractivity contribution in [3.8, 4) is 5.75 Å². The van der Waals surface area contributed by atoms with Crippen LogP contribution in [0.5, 0.6) is 5.75 Å². The molecule has 1 amide bonds. The molecule has 1 unspecified atom stereocenters. The maximum atomic E-state index is 12.5. The molecular formula is C14H19N3O3. The van der Waals surface area contributed by atoms with E-state index in [0.717, 1.165) is 18.4 Å². The van der Waals surface area contributed by atoms with Gasteiger partial charge in [0.25, 0.3) is 5.91 Å². The van der Waals surface area contributed by atoms with E-state index in [1.165, 1.54) is 0 Å². The number of aryl methyl sites for hydroxylation is 1. The number of piperidine rings is 1. The second-order valence-corrected chi connectivity index (χ2v) is 5.06. The van der Waals surface area contributed by atoms with Gasteiger partial charge in [-0.25, -0.2) is 0 Å². The molecule has 2 rings (SSSR count). The van der Waals surface area contributed by atoms with Crippen molar-refractivity contribution in [1.82, 2.24) is 4.90 Å². The zero-order valence-corrected chi connectivity index (χ0v) is 11.4. The second kappa shape index (κ2) is 5.81. The van der Waals surface area contributed by atoms with Crippen LogP contribution in [0.15, 0.2) is 23.4 Å². The van der Waals surface area contributed by atoms with Crippen LogP contribution < -0.4 is 5.73 Å². The van der Waals surface area contributed by atoms with Gasteiger partial charge >= 0.3 is 0 Å². The maximum absolute atomic E-state index is 12.5. The number of hydrogen-bond acceptors (Lipinski definition) is 4. The van der Waals surface area contributed by atoms with Crippen molar-refractivity contribution in [2.24, 2.45) is 10.9 Å². The zero-order chi connectivity index (χ0) is 14.7. The summed E-state index contributed by atoms with van der Waals surface area (Å²) < 4.78 is 0. The number of nitrogens with zero attached hydrogens (tertiary/aromatic N) is 2. The van der Waals surface area contributed by atoms with Gasteiger partial charge in [0.1, 0.15) is 5.75 Å². The molecule has 0 bridgehead atoms. The third-order valence-electron chi connectivity index (χ3n) is 3.60. The molecule has 1 fully saturated rings. The van der Waals surface area contributed by atoms with Crippen LogP contribution in [0.2, 0.25) is 0 Å². The molecule has 108 valence electrons. The molecule has 1 heterocycles. The van der Waals surface area contributed by atoms with E-state index in [0.29, 0.717) is 13.0 Å². The van der Waals surface area contributed by atoms with E-state index in [1.807, 2.05) is 6.92 Å². The Morgan fingerprint density at radius 1 is 1.45 bits per heavy atom. The Hall–Kier alpha value is -2.24. The van der Waals surface area contributed by atoms with Crippen LogP contribution >= 0.6 is 0 Å². The molecule has 20 heavy (non-hydrogen) atoms. The number of carbonyl (C=O) groups is 1. The summed E-state index contributed by atoms with van der Waals surface area (Å²) in [6.07, 6.45) is 2.45. The Morgan fingerprint density at radius 2 is 2.20 bits per heavy atom. The van der Waals surface area contributed by atoms with E-state index in [1.54, 1.807) is 23.1 Å². The number of nitrogens with two attached hydrogens (primary N) is 1. The fourth-order valence-electron chi connectivity index (χ4n) is 2.53. The molecule has 0 saturated carbocycles. The van der Waals surface area contributed by atoms with Gasteiger partial charge in [-0.2, -0.15) is 0 Å². The van der Waals surface area contributed by atoms with E-state index in [-0.39, 0.29) is 23.1 Å². The lowest BCUT2D eigenvalue weighted by molar-refractivity contribution is 0.0673. The van der Waals surface area contributed by atoms with Crippen LogP contribution in [0, 0.1) is 6.92 Å². The molecule has 1 aliphatic heterocycles. The minimum atomic E-state index is -0.415. The van der Waals surface area contributed by atoms with E-state index in [4.69, 9.17) is 10.9 Å². The van der Waals surface area contributed by atoms with Crippen molar-refractivity contribution in [1.29, 1.82) is 0 Å². The summed E-state index contributed by atoms with van der Waals surface area (Å²) >= 11 is 0. The van der Waals surface area contributed by atoms with Crippen LogP contribution in [0.25, 0.3) is 0 Å². The first-order valence-electron chi connectivity index (χ1n) is 6.62. The van der Waals surface area contributed by atoms with Gasteiger partial charge in [0.15, 0.2) is 5.84 Å².